The molecule has 0 amide bonds. The molecule has 0 unspecified atom stereocenters. The summed E-state index contributed by atoms with van der Waals surface area (Å²) in [7, 11) is 0. The maximum atomic E-state index is 11.6. The lowest BCUT2D eigenvalue weighted by Crippen LogP contribution is -2.65. The minimum Gasteiger partial charge on any atom is -0.394 e. The molecule has 4 saturated carbocycles. The van der Waals surface area contributed by atoms with E-state index >= 15 is 0 Å². The highest BCUT2D eigenvalue weighted by atomic mass is 16.7. The zero-order chi connectivity index (χ0) is 36.2. The second-order valence-electron chi connectivity index (χ2n) is 18.4. The molecule has 292 valence electrons. The van der Waals surface area contributed by atoms with Crippen molar-refractivity contribution in [3.8, 4) is 0 Å². The largest absolute Gasteiger partial charge is 0.394 e. The SMILES string of the molecule is C[C@@H]1CC[C@@]2(OC1)O[C@H]1C[C@H]3[C@@H]4C[C@H](O[C@@H]5O[C@H](CO)[C@@H](O)[C@H](O[C@@H]6OC[C@@H](O)[C@H](O)[C@H]6O)[C@H]5O)[C@H]5C[C@@H](O)CC[C@]5(C)[C@H]4CC[C@]3(C)[C@H]1[C@@H]2C. The van der Waals surface area contributed by atoms with Gasteiger partial charge in [0.2, 0.25) is 0 Å². The lowest BCUT2D eigenvalue weighted by atomic mass is 9.43. The van der Waals surface area contributed by atoms with E-state index in [1.807, 2.05) is 0 Å². The van der Waals surface area contributed by atoms with Crippen LogP contribution in [0.25, 0.3) is 0 Å². The zero-order valence-corrected chi connectivity index (χ0v) is 30.5. The van der Waals surface area contributed by atoms with Gasteiger partial charge in [-0.25, -0.2) is 0 Å². The summed E-state index contributed by atoms with van der Waals surface area (Å²) >= 11 is 0. The fourth-order valence-electron chi connectivity index (χ4n) is 13.0. The molecule has 0 aromatic heterocycles. The summed E-state index contributed by atoms with van der Waals surface area (Å²) in [6, 6.07) is 0. The first-order valence-corrected chi connectivity index (χ1v) is 19.8. The molecule has 4 aliphatic carbocycles. The van der Waals surface area contributed by atoms with E-state index in [4.69, 9.17) is 28.4 Å². The van der Waals surface area contributed by atoms with Gasteiger partial charge >= 0.3 is 0 Å². The van der Waals surface area contributed by atoms with Crippen LogP contribution in [0.5, 0.6) is 0 Å². The van der Waals surface area contributed by atoms with Gasteiger partial charge in [-0.1, -0.05) is 27.7 Å². The van der Waals surface area contributed by atoms with Crippen molar-refractivity contribution in [1.29, 1.82) is 0 Å². The number of hydrogen-bond donors (Lipinski definition) is 7. The van der Waals surface area contributed by atoms with Crippen LogP contribution in [0.3, 0.4) is 0 Å². The Bertz CT molecular complexity index is 1250. The Morgan fingerprint density at radius 3 is 2.22 bits per heavy atom. The quantitative estimate of drug-likeness (QED) is 0.199. The standard InChI is InChI=1S/C38H62O13/c1-17-5-10-38(47-15-17)18(2)28-26(51-38)13-22-20-12-25(23-11-19(40)6-8-36(23,3)21(20)7-9-37(22,28)4)48-35-32(45)33(30(43)27(14-39)49-35)50-34-31(44)29(42)24(41)16-46-34/h17-35,39-45H,5-16H2,1-4H3/t17-,18+,19+,20-,21+,22+,23-,24-,25+,26+,27-,28+,29+,30-,31-,32-,33+,34+,35-,36-,37+,38-/m1/s1. The molecule has 4 aliphatic heterocycles. The van der Waals surface area contributed by atoms with Gasteiger partial charge in [0.05, 0.1) is 38.1 Å². The third-order valence-corrected chi connectivity index (χ3v) is 15.8. The molecular formula is C38H62O13. The Morgan fingerprint density at radius 1 is 0.725 bits per heavy atom. The van der Waals surface area contributed by atoms with Crippen LogP contribution >= 0.6 is 0 Å². The van der Waals surface area contributed by atoms with E-state index in [0.717, 1.165) is 58.0 Å². The Hall–Kier alpha value is -0.520. The number of ether oxygens (including phenoxy) is 6. The normalized spacial score (nSPS) is 59.9. The van der Waals surface area contributed by atoms with Gasteiger partial charge in [-0.05, 0) is 97.7 Å². The van der Waals surface area contributed by atoms with Gasteiger partial charge in [-0.3, -0.25) is 0 Å². The van der Waals surface area contributed by atoms with Crippen LogP contribution in [0, 0.1) is 52.3 Å². The van der Waals surface area contributed by atoms with Crippen LogP contribution in [0.15, 0.2) is 0 Å². The summed E-state index contributed by atoms with van der Waals surface area (Å²) in [6.07, 6.45) is -5.33. The minimum atomic E-state index is -1.64. The third kappa shape index (κ3) is 5.90. The fraction of sp³-hybridized carbons (Fsp3) is 1.00. The Labute approximate surface area is 300 Å². The van der Waals surface area contributed by atoms with Crippen molar-refractivity contribution >= 4 is 0 Å². The van der Waals surface area contributed by atoms with Gasteiger partial charge in [0.25, 0.3) is 0 Å². The monoisotopic (exact) mass is 726 g/mol. The number of rotatable bonds is 5. The van der Waals surface area contributed by atoms with Crippen LogP contribution in [-0.2, 0) is 28.4 Å². The van der Waals surface area contributed by atoms with Gasteiger partial charge in [-0.15, -0.1) is 0 Å². The van der Waals surface area contributed by atoms with Gasteiger partial charge in [0.15, 0.2) is 18.4 Å². The van der Waals surface area contributed by atoms with E-state index in [1.165, 1.54) is 0 Å². The van der Waals surface area contributed by atoms with Crippen LogP contribution in [0.4, 0.5) is 0 Å². The van der Waals surface area contributed by atoms with Crippen molar-refractivity contribution in [3.05, 3.63) is 0 Å². The van der Waals surface area contributed by atoms with Crippen molar-refractivity contribution in [2.24, 2.45) is 52.3 Å². The molecule has 13 heteroatoms. The van der Waals surface area contributed by atoms with E-state index < -0.39 is 73.8 Å². The molecule has 51 heavy (non-hydrogen) atoms. The Kier molecular flexibility index (Phi) is 9.97. The number of fused-ring (bicyclic) bond motifs is 7. The van der Waals surface area contributed by atoms with Crippen LogP contribution < -0.4 is 0 Å². The molecule has 0 aromatic carbocycles. The van der Waals surface area contributed by atoms with Gasteiger partial charge in [0.1, 0.15) is 42.7 Å². The predicted octanol–water partition coefficient (Wildman–Crippen LogP) is 1.05. The predicted molar refractivity (Wildman–Crippen MR) is 178 cm³/mol. The summed E-state index contributed by atoms with van der Waals surface area (Å²) in [5.41, 5.74) is -0.0292. The molecule has 8 fully saturated rings. The smallest absolute Gasteiger partial charge is 0.186 e. The number of aliphatic hydroxyl groups excluding tert-OH is 7. The van der Waals surface area contributed by atoms with E-state index in [1.54, 1.807) is 0 Å². The molecule has 0 radical (unpaired) electrons. The van der Waals surface area contributed by atoms with Crippen LogP contribution in [-0.4, -0.2) is 135 Å². The Balaban J connectivity index is 1.05. The van der Waals surface area contributed by atoms with Crippen molar-refractivity contribution < 1.29 is 64.2 Å². The topological polar surface area (TPSA) is 197 Å². The Morgan fingerprint density at radius 2 is 1.49 bits per heavy atom. The molecular weight excluding hydrogens is 664 g/mol. The average molecular weight is 727 g/mol. The fourth-order valence-corrected chi connectivity index (χ4v) is 13.0. The van der Waals surface area contributed by atoms with Crippen molar-refractivity contribution in [1.82, 2.24) is 0 Å². The molecule has 0 bridgehead atoms. The molecule has 4 saturated heterocycles. The minimum absolute atomic E-state index is 0.00133. The zero-order valence-electron chi connectivity index (χ0n) is 30.5. The van der Waals surface area contributed by atoms with Gasteiger partial charge in [0, 0.05) is 12.3 Å². The second-order valence-corrected chi connectivity index (χ2v) is 18.4. The van der Waals surface area contributed by atoms with Crippen molar-refractivity contribution in [2.75, 3.05) is 19.8 Å². The highest BCUT2D eigenvalue weighted by Gasteiger charge is 2.70. The number of aliphatic hydroxyl groups is 7. The molecule has 13 nitrogen and oxygen atoms in total. The molecule has 8 rings (SSSR count). The number of hydrogen-bond acceptors (Lipinski definition) is 13. The molecule has 7 N–H and O–H groups in total. The summed E-state index contributed by atoms with van der Waals surface area (Å²) in [5, 5.41) is 74.5. The maximum absolute atomic E-state index is 11.6. The van der Waals surface area contributed by atoms with E-state index in [9.17, 15) is 35.7 Å². The lowest BCUT2D eigenvalue weighted by molar-refractivity contribution is -0.360. The molecule has 1 spiro atoms. The van der Waals surface area contributed by atoms with E-state index in [-0.39, 0.29) is 35.6 Å². The van der Waals surface area contributed by atoms with Crippen molar-refractivity contribution in [3.63, 3.8) is 0 Å². The summed E-state index contributed by atoms with van der Waals surface area (Å²) in [4.78, 5) is 0. The van der Waals surface area contributed by atoms with Crippen LogP contribution in [0.1, 0.15) is 85.5 Å². The van der Waals surface area contributed by atoms with Gasteiger partial charge in [-0.2, -0.15) is 0 Å². The first-order valence-electron chi connectivity index (χ1n) is 19.8. The maximum Gasteiger partial charge on any atom is 0.186 e. The highest BCUT2D eigenvalue weighted by molar-refractivity contribution is 5.16. The summed E-state index contributed by atoms with van der Waals surface area (Å²) in [6.45, 7) is 9.30. The van der Waals surface area contributed by atoms with E-state index in [0.29, 0.717) is 41.9 Å². The first kappa shape index (κ1) is 37.4. The van der Waals surface area contributed by atoms with Crippen LogP contribution in [0.2, 0.25) is 0 Å². The average Bonchev–Trinajstić information content (AvgIpc) is 3.55. The second kappa shape index (κ2) is 13.6. The summed E-state index contributed by atoms with van der Waals surface area (Å²) in [5.74, 6) is 1.96. The molecule has 4 heterocycles. The summed E-state index contributed by atoms with van der Waals surface area (Å²) < 4.78 is 37.6. The van der Waals surface area contributed by atoms with Crippen molar-refractivity contribution in [2.45, 2.75) is 165 Å². The highest BCUT2D eigenvalue weighted by Crippen LogP contribution is 2.71. The molecule has 22 atom stereocenters. The first-order chi connectivity index (χ1) is 24.2. The lowest BCUT2D eigenvalue weighted by Gasteiger charge is -2.63. The van der Waals surface area contributed by atoms with Gasteiger partial charge < -0.3 is 64.2 Å². The molecule has 0 aromatic rings. The van der Waals surface area contributed by atoms with E-state index in [2.05, 4.69) is 27.7 Å². The molecule has 8 aliphatic rings. The third-order valence-electron chi connectivity index (χ3n) is 15.8.